The summed E-state index contributed by atoms with van der Waals surface area (Å²) in [6.07, 6.45) is 0.485. The molecule has 30 heavy (non-hydrogen) atoms. The van der Waals surface area contributed by atoms with Crippen molar-refractivity contribution >= 4 is 17.6 Å². The molecule has 0 N–H and O–H groups in total. The zero-order valence-corrected chi connectivity index (χ0v) is 16.9. The van der Waals surface area contributed by atoms with Gasteiger partial charge in [-0.15, -0.1) is 0 Å². The minimum absolute atomic E-state index is 0.0279. The van der Waals surface area contributed by atoms with Crippen LogP contribution in [0.25, 0.3) is 0 Å². The van der Waals surface area contributed by atoms with Gasteiger partial charge in [0, 0.05) is 17.8 Å². The number of methoxy groups -OCH3 is 2. The maximum atomic E-state index is 12.7. The number of hydrogen-bond donors (Lipinski definition) is 0. The Kier molecular flexibility index (Phi) is 4.59. The number of fused-ring (bicyclic) bond motifs is 5. The number of anilines is 1. The molecule has 1 saturated carbocycles. The third-order valence-corrected chi connectivity index (χ3v) is 6.60. The fourth-order valence-electron chi connectivity index (χ4n) is 5.50. The normalized spacial score (nSPS) is 29.1. The first-order valence-electron chi connectivity index (χ1n) is 10.1. The van der Waals surface area contributed by atoms with Crippen LogP contribution in [0.5, 0.6) is 0 Å². The predicted octanol–water partition coefficient (Wildman–Crippen LogP) is 3.46. The number of nitrogens with zero attached hydrogens (tertiary/aromatic N) is 1. The first-order valence-corrected chi connectivity index (χ1v) is 10.1. The minimum Gasteiger partial charge on any atom is -0.466 e. The van der Waals surface area contributed by atoms with Gasteiger partial charge >= 0.3 is 11.9 Å². The summed E-state index contributed by atoms with van der Waals surface area (Å²) in [5, 5.41) is 1.94. The van der Waals surface area contributed by atoms with Crippen molar-refractivity contribution in [1.29, 1.82) is 0 Å². The second-order valence-corrected chi connectivity index (χ2v) is 7.92. The van der Waals surface area contributed by atoms with E-state index < -0.39 is 11.9 Å². The van der Waals surface area contributed by atoms with Gasteiger partial charge in [-0.2, -0.15) is 0 Å². The van der Waals surface area contributed by atoms with Crippen molar-refractivity contribution in [3.8, 4) is 0 Å². The fraction of sp³-hybridized carbons (Fsp3) is 0.333. The van der Waals surface area contributed by atoms with E-state index in [1.165, 1.54) is 14.2 Å². The molecule has 6 heteroatoms. The highest BCUT2D eigenvalue weighted by molar-refractivity contribution is 6.02. The number of hydrogen-bond acceptors (Lipinski definition) is 6. The van der Waals surface area contributed by atoms with E-state index in [4.69, 9.17) is 14.3 Å². The van der Waals surface area contributed by atoms with E-state index in [-0.39, 0.29) is 29.9 Å². The van der Waals surface area contributed by atoms with Crippen LogP contribution in [-0.2, 0) is 23.9 Å². The number of carbonyl (C=O) groups is 2. The van der Waals surface area contributed by atoms with E-state index in [2.05, 4.69) is 12.1 Å². The Labute approximate surface area is 175 Å². The third kappa shape index (κ3) is 2.67. The number of carbonyl (C=O) groups excluding carboxylic acids is 2. The van der Waals surface area contributed by atoms with Gasteiger partial charge in [-0.1, -0.05) is 48.5 Å². The van der Waals surface area contributed by atoms with E-state index in [1.807, 2.05) is 53.6 Å². The van der Waals surface area contributed by atoms with E-state index >= 15 is 0 Å². The zero-order valence-electron chi connectivity index (χ0n) is 16.9. The number of hydroxylamine groups is 1. The van der Waals surface area contributed by atoms with Crippen molar-refractivity contribution in [2.75, 3.05) is 19.3 Å². The number of benzene rings is 2. The molecular formula is C24H23NO5. The number of rotatable bonds is 4. The first-order chi connectivity index (χ1) is 14.7. The molecule has 5 atom stereocenters. The van der Waals surface area contributed by atoms with Crippen LogP contribution in [0.2, 0.25) is 0 Å². The Bertz CT molecular complexity index is 1000. The van der Waals surface area contributed by atoms with Crippen molar-refractivity contribution < 1.29 is 23.9 Å². The molecule has 0 radical (unpaired) electrons. The van der Waals surface area contributed by atoms with E-state index in [0.717, 1.165) is 11.3 Å². The summed E-state index contributed by atoms with van der Waals surface area (Å²) < 4.78 is 10.1. The number of ether oxygens (including phenoxy) is 2. The molecule has 1 aliphatic heterocycles. The van der Waals surface area contributed by atoms with Gasteiger partial charge in [-0.25, -0.2) is 14.7 Å². The van der Waals surface area contributed by atoms with Gasteiger partial charge < -0.3 is 9.47 Å². The van der Waals surface area contributed by atoms with E-state index in [0.29, 0.717) is 17.6 Å². The SMILES string of the molecule is COC(=O)C1=C(C(=O)OC)[C@H]2C[C@H]1[C@H]1ON(c3ccccc3)[C@H](c3ccccc3)[C@@H]12. The quantitative estimate of drug-likeness (QED) is 0.726. The average molecular weight is 405 g/mol. The summed E-state index contributed by atoms with van der Waals surface area (Å²) in [7, 11) is 2.69. The van der Waals surface area contributed by atoms with Crippen LogP contribution >= 0.6 is 0 Å². The van der Waals surface area contributed by atoms with Crippen LogP contribution in [0.3, 0.4) is 0 Å². The lowest BCUT2D eigenvalue weighted by Gasteiger charge is -2.30. The van der Waals surface area contributed by atoms with Crippen molar-refractivity contribution in [3.05, 3.63) is 77.4 Å². The molecule has 0 amide bonds. The molecule has 5 rings (SSSR count). The van der Waals surface area contributed by atoms with E-state index in [1.54, 1.807) is 0 Å². The lowest BCUT2D eigenvalue weighted by Crippen LogP contribution is -2.34. The zero-order chi connectivity index (χ0) is 20.8. The van der Waals surface area contributed by atoms with Crippen LogP contribution in [0.15, 0.2) is 71.8 Å². The van der Waals surface area contributed by atoms with Crippen molar-refractivity contribution in [1.82, 2.24) is 0 Å². The standard InChI is InChI=1S/C24H23NO5/c1-28-23(26)18-16-13-17(19(18)24(27)29-2)22-20(16)21(14-9-5-3-6-10-14)25(30-22)15-11-7-4-8-12-15/h3-12,16-17,20-22H,13H2,1-2H3/t16-,17-,20+,21-,22-/m1/s1. The Morgan fingerprint density at radius 3 is 2.03 bits per heavy atom. The highest BCUT2D eigenvalue weighted by Crippen LogP contribution is 2.62. The molecular weight excluding hydrogens is 382 g/mol. The summed E-state index contributed by atoms with van der Waals surface area (Å²) >= 11 is 0. The molecule has 3 aliphatic rings. The molecule has 2 fully saturated rings. The molecule has 1 saturated heterocycles. The minimum atomic E-state index is -0.473. The molecule has 2 aliphatic carbocycles. The van der Waals surface area contributed by atoms with Crippen molar-refractivity contribution in [3.63, 3.8) is 0 Å². The van der Waals surface area contributed by atoms with Crippen LogP contribution in [0.1, 0.15) is 18.0 Å². The third-order valence-electron chi connectivity index (χ3n) is 6.60. The summed E-state index contributed by atoms with van der Waals surface area (Å²) in [5.74, 6) is -1.22. The topological polar surface area (TPSA) is 65.1 Å². The molecule has 1 heterocycles. The van der Waals surface area contributed by atoms with Crippen molar-refractivity contribution in [2.45, 2.75) is 18.6 Å². The molecule has 2 bridgehead atoms. The van der Waals surface area contributed by atoms with Gasteiger partial charge in [-0.3, -0.25) is 4.84 Å². The van der Waals surface area contributed by atoms with Crippen LogP contribution in [0, 0.1) is 17.8 Å². The lowest BCUT2D eigenvalue weighted by atomic mass is 9.76. The molecule has 0 spiro atoms. The van der Waals surface area contributed by atoms with Gasteiger partial charge in [-0.05, 0) is 24.1 Å². The molecule has 0 unspecified atom stereocenters. The maximum Gasteiger partial charge on any atom is 0.334 e. The van der Waals surface area contributed by atoms with Gasteiger partial charge in [0.25, 0.3) is 0 Å². The van der Waals surface area contributed by atoms with Crippen LogP contribution in [-0.4, -0.2) is 32.3 Å². The monoisotopic (exact) mass is 405 g/mol. The van der Waals surface area contributed by atoms with Gasteiger partial charge in [0.2, 0.25) is 0 Å². The number of esters is 2. The summed E-state index contributed by atoms with van der Waals surface area (Å²) in [6, 6.07) is 20.0. The van der Waals surface area contributed by atoms with Gasteiger partial charge in [0.05, 0.1) is 43.2 Å². The second kappa shape index (κ2) is 7.29. The number of para-hydroxylation sites is 1. The summed E-state index contributed by atoms with van der Waals surface area (Å²) in [6.45, 7) is 0. The Balaban J connectivity index is 1.62. The molecule has 2 aromatic carbocycles. The maximum absolute atomic E-state index is 12.7. The van der Waals surface area contributed by atoms with Crippen LogP contribution < -0.4 is 5.06 Å². The summed E-state index contributed by atoms with van der Waals surface area (Å²) in [4.78, 5) is 31.7. The molecule has 154 valence electrons. The lowest BCUT2D eigenvalue weighted by molar-refractivity contribution is -0.140. The Hall–Kier alpha value is -3.12. The Morgan fingerprint density at radius 1 is 0.867 bits per heavy atom. The average Bonchev–Trinajstić information content (AvgIpc) is 3.48. The molecule has 6 nitrogen and oxygen atoms in total. The van der Waals surface area contributed by atoms with E-state index in [9.17, 15) is 9.59 Å². The smallest absolute Gasteiger partial charge is 0.334 e. The highest BCUT2D eigenvalue weighted by atomic mass is 16.7. The molecule has 0 aromatic heterocycles. The van der Waals surface area contributed by atoms with Gasteiger partial charge in [0.1, 0.15) is 0 Å². The fourth-order valence-corrected chi connectivity index (χ4v) is 5.50. The summed E-state index contributed by atoms with van der Waals surface area (Å²) in [5.41, 5.74) is 2.93. The first kappa shape index (κ1) is 18.9. The van der Waals surface area contributed by atoms with Gasteiger partial charge in [0.15, 0.2) is 0 Å². The van der Waals surface area contributed by atoms with Crippen molar-refractivity contribution in [2.24, 2.45) is 17.8 Å². The highest BCUT2D eigenvalue weighted by Gasteiger charge is 2.64. The Morgan fingerprint density at radius 2 is 1.43 bits per heavy atom. The predicted molar refractivity (Wildman–Crippen MR) is 109 cm³/mol. The largest absolute Gasteiger partial charge is 0.466 e. The molecule has 2 aromatic rings. The van der Waals surface area contributed by atoms with Crippen LogP contribution in [0.4, 0.5) is 5.69 Å². The second-order valence-electron chi connectivity index (χ2n) is 7.92.